The molecule has 0 atom stereocenters. The third-order valence-corrected chi connectivity index (χ3v) is 5.61. The number of para-hydroxylation sites is 2. The smallest absolute Gasteiger partial charge is 0.420 e. The van der Waals surface area contributed by atoms with Crippen molar-refractivity contribution in [2.75, 3.05) is 6.54 Å². The van der Waals surface area contributed by atoms with Crippen LogP contribution in [0, 0.1) is 0 Å². The number of carbonyl (C=O) groups is 3. The minimum absolute atomic E-state index is 0.0216. The molecular formula is C25H32N4O5S. The van der Waals surface area contributed by atoms with Gasteiger partial charge in [0.25, 0.3) is 0 Å². The van der Waals surface area contributed by atoms with Gasteiger partial charge in [-0.1, -0.05) is 12.1 Å². The minimum atomic E-state index is -0.705. The van der Waals surface area contributed by atoms with Crippen LogP contribution in [0.3, 0.4) is 0 Å². The Bertz CT molecular complexity index is 1230. The van der Waals surface area contributed by atoms with E-state index in [4.69, 9.17) is 9.47 Å². The SMILES string of the molecule is CC(=O)c1csc(CCN(Cc2nc3ccccc3n2C(=O)OC(C)(C)C)C(=O)OC(C)(C)C)n1. The standard InChI is InChI=1S/C25H32N4O5S/c1-16(30)18-15-35-21(27-18)12-13-28(22(31)33-24(2,3)4)14-20-26-17-10-8-9-11-19(17)29(20)23(32)34-25(5,6)7/h8-11,15H,12-14H2,1-7H3. The van der Waals surface area contributed by atoms with E-state index in [0.29, 0.717) is 29.0 Å². The van der Waals surface area contributed by atoms with Gasteiger partial charge in [-0.3, -0.25) is 4.79 Å². The van der Waals surface area contributed by atoms with Crippen LogP contribution in [0.2, 0.25) is 0 Å². The van der Waals surface area contributed by atoms with Crippen molar-refractivity contribution < 1.29 is 23.9 Å². The molecular weight excluding hydrogens is 468 g/mol. The minimum Gasteiger partial charge on any atom is -0.444 e. The number of aromatic nitrogens is 3. The summed E-state index contributed by atoms with van der Waals surface area (Å²) in [5.41, 5.74) is 0.198. The number of hydrogen-bond donors (Lipinski definition) is 0. The predicted octanol–water partition coefficient (Wildman–Crippen LogP) is 5.46. The van der Waals surface area contributed by atoms with E-state index in [9.17, 15) is 14.4 Å². The highest BCUT2D eigenvalue weighted by Gasteiger charge is 2.28. The fourth-order valence-corrected chi connectivity index (χ4v) is 4.07. The van der Waals surface area contributed by atoms with Crippen molar-refractivity contribution in [3.8, 4) is 0 Å². The van der Waals surface area contributed by atoms with Crippen molar-refractivity contribution in [3.63, 3.8) is 0 Å². The van der Waals surface area contributed by atoms with Crippen LogP contribution in [0.15, 0.2) is 29.6 Å². The van der Waals surface area contributed by atoms with Gasteiger partial charge in [0.15, 0.2) is 5.78 Å². The van der Waals surface area contributed by atoms with E-state index in [1.54, 1.807) is 59.1 Å². The molecule has 0 radical (unpaired) electrons. The Kier molecular flexibility index (Phi) is 7.64. The summed E-state index contributed by atoms with van der Waals surface area (Å²) in [5.74, 6) is 0.248. The second-order valence-electron chi connectivity index (χ2n) is 10.2. The van der Waals surface area contributed by atoms with Crippen LogP contribution >= 0.6 is 11.3 Å². The summed E-state index contributed by atoms with van der Waals surface area (Å²) >= 11 is 1.36. The highest BCUT2D eigenvalue weighted by molar-refractivity contribution is 7.09. The number of nitrogens with zero attached hydrogens (tertiary/aromatic N) is 4. The molecule has 0 spiro atoms. The van der Waals surface area contributed by atoms with Gasteiger partial charge in [-0.25, -0.2) is 24.1 Å². The fraction of sp³-hybridized carbons (Fsp3) is 0.480. The van der Waals surface area contributed by atoms with Crippen LogP contribution in [0.4, 0.5) is 9.59 Å². The number of rotatable bonds is 6. The van der Waals surface area contributed by atoms with Crippen molar-refractivity contribution in [1.29, 1.82) is 0 Å². The summed E-state index contributed by atoms with van der Waals surface area (Å²) in [6, 6.07) is 7.23. The summed E-state index contributed by atoms with van der Waals surface area (Å²) in [7, 11) is 0. The number of benzene rings is 1. The van der Waals surface area contributed by atoms with Gasteiger partial charge in [0, 0.05) is 25.3 Å². The Morgan fingerprint density at radius 2 is 1.66 bits per heavy atom. The maximum atomic E-state index is 13.1. The second-order valence-corrected chi connectivity index (χ2v) is 11.1. The molecule has 188 valence electrons. The molecule has 35 heavy (non-hydrogen) atoms. The average molecular weight is 501 g/mol. The number of thiazole rings is 1. The van der Waals surface area contributed by atoms with Crippen LogP contribution in [0.1, 0.15) is 69.8 Å². The highest BCUT2D eigenvalue weighted by atomic mass is 32.1. The van der Waals surface area contributed by atoms with Crippen LogP contribution in [-0.4, -0.2) is 55.2 Å². The largest absolute Gasteiger partial charge is 0.444 e. The number of carbonyl (C=O) groups excluding carboxylic acids is 3. The molecule has 0 N–H and O–H groups in total. The molecule has 0 bridgehead atoms. The number of ether oxygens (including phenoxy) is 2. The van der Waals surface area contributed by atoms with Crippen molar-refractivity contribution >= 4 is 40.3 Å². The Labute approximate surface area is 209 Å². The molecule has 1 amide bonds. The molecule has 0 fully saturated rings. The van der Waals surface area contributed by atoms with Gasteiger partial charge in [-0.15, -0.1) is 11.3 Å². The first-order valence-corrected chi connectivity index (χ1v) is 12.2. The number of amides is 1. The van der Waals surface area contributed by atoms with Gasteiger partial charge in [0.05, 0.1) is 22.6 Å². The first-order valence-electron chi connectivity index (χ1n) is 11.4. The zero-order valence-corrected chi connectivity index (χ0v) is 22.1. The topological polar surface area (TPSA) is 104 Å². The van der Waals surface area contributed by atoms with Crippen molar-refractivity contribution in [1.82, 2.24) is 19.4 Å². The molecule has 0 aliphatic heterocycles. The number of ketones is 1. The lowest BCUT2D eigenvalue weighted by molar-refractivity contribution is 0.0222. The van der Waals surface area contributed by atoms with Crippen LogP contribution in [0.5, 0.6) is 0 Å². The summed E-state index contributed by atoms with van der Waals surface area (Å²) in [6.45, 7) is 12.5. The van der Waals surface area contributed by atoms with E-state index >= 15 is 0 Å². The van der Waals surface area contributed by atoms with Gasteiger partial charge in [0.1, 0.15) is 22.7 Å². The summed E-state index contributed by atoms with van der Waals surface area (Å²) in [4.78, 5) is 48.3. The molecule has 2 heterocycles. The lowest BCUT2D eigenvalue weighted by atomic mass is 10.2. The molecule has 0 unspecified atom stereocenters. The molecule has 0 saturated carbocycles. The number of hydrogen-bond acceptors (Lipinski definition) is 8. The normalized spacial score (nSPS) is 12.0. The maximum Gasteiger partial charge on any atom is 0.420 e. The molecule has 0 aliphatic carbocycles. The van der Waals surface area contributed by atoms with Crippen molar-refractivity contribution in [3.05, 3.63) is 46.2 Å². The van der Waals surface area contributed by atoms with E-state index in [-0.39, 0.29) is 18.9 Å². The van der Waals surface area contributed by atoms with Crippen LogP contribution in [-0.2, 0) is 22.4 Å². The Morgan fingerprint density at radius 3 is 2.26 bits per heavy atom. The molecule has 2 aromatic heterocycles. The van der Waals surface area contributed by atoms with Gasteiger partial charge in [0.2, 0.25) is 0 Å². The number of fused-ring (bicyclic) bond motifs is 1. The monoisotopic (exact) mass is 500 g/mol. The third-order valence-electron chi connectivity index (χ3n) is 4.70. The van der Waals surface area contributed by atoms with E-state index < -0.39 is 23.4 Å². The summed E-state index contributed by atoms with van der Waals surface area (Å²) < 4.78 is 12.6. The van der Waals surface area contributed by atoms with Gasteiger partial charge >= 0.3 is 12.2 Å². The molecule has 0 saturated heterocycles. The van der Waals surface area contributed by atoms with Gasteiger partial charge < -0.3 is 14.4 Å². The molecule has 1 aromatic carbocycles. The van der Waals surface area contributed by atoms with E-state index in [2.05, 4.69) is 9.97 Å². The Morgan fingerprint density at radius 1 is 1.00 bits per heavy atom. The third kappa shape index (κ3) is 7.11. The van der Waals surface area contributed by atoms with E-state index in [1.165, 1.54) is 27.7 Å². The van der Waals surface area contributed by atoms with Crippen LogP contribution < -0.4 is 0 Å². The zero-order chi connectivity index (χ0) is 26.0. The lowest BCUT2D eigenvalue weighted by Gasteiger charge is -2.27. The van der Waals surface area contributed by atoms with E-state index in [0.717, 1.165) is 5.01 Å². The molecule has 9 nitrogen and oxygen atoms in total. The zero-order valence-electron chi connectivity index (χ0n) is 21.2. The molecule has 10 heteroatoms. The average Bonchev–Trinajstić information content (AvgIpc) is 3.32. The highest BCUT2D eigenvalue weighted by Crippen LogP contribution is 2.22. The fourth-order valence-electron chi connectivity index (χ4n) is 3.24. The number of imidazole rings is 1. The maximum absolute atomic E-state index is 13.1. The second kappa shape index (κ2) is 10.2. The van der Waals surface area contributed by atoms with Crippen LogP contribution in [0.25, 0.3) is 11.0 Å². The lowest BCUT2D eigenvalue weighted by Crippen LogP contribution is -2.39. The summed E-state index contributed by atoms with van der Waals surface area (Å²) in [6.07, 6.45) is -0.691. The Balaban J connectivity index is 1.94. The Hall–Kier alpha value is -3.27. The predicted molar refractivity (Wildman–Crippen MR) is 134 cm³/mol. The number of Topliss-reactive ketones (excluding diaryl/α,β-unsaturated/α-hetero) is 1. The summed E-state index contributed by atoms with van der Waals surface area (Å²) in [5, 5.41) is 2.43. The molecule has 0 aliphatic rings. The van der Waals surface area contributed by atoms with Gasteiger partial charge in [-0.2, -0.15) is 0 Å². The van der Waals surface area contributed by atoms with Crippen molar-refractivity contribution in [2.24, 2.45) is 0 Å². The quantitative estimate of drug-likeness (QED) is 0.414. The molecule has 3 rings (SSSR count). The first kappa shape index (κ1) is 26.3. The first-order chi connectivity index (χ1) is 16.2. The van der Waals surface area contributed by atoms with E-state index in [1.807, 2.05) is 12.1 Å². The van der Waals surface area contributed by atoms with Gasteiger partial charge in [-0.05, 0) is 53.7 Å². The molecule has 3 aromatic rings. The van der Waals surface area contributed by atoms with Crippen molar-refractivity contribution in [2.45, 2.75) is 72.6 Å².